The molecule has 9 aliphatic heterocycles. The van der Waals surface area contributed by atoms with Gasteiger partial charge in [-0.15, -0.1) is 11.6 Å². The monoisotopic (exact) mass is 1580 g/mol. The molecule has 10 aliphatic rings. The van der Waals surface area contributed by atoms with Gasteiger partial charge in [0.25, 0.3) is 5.92 Å². The maximum absolute atomic E-state index is 13.5. The second-order valence-electron chi connectivity index (χ2n) is 48.3. The van der Waals surface area contributed by atoms with Crippen molar-refractivity contribution < 1.29 is 40.9 Å². The van der Waals surface area contributed by atoms with Crippen LogP contribution in [0.3, 0.4) is 0 Å². The van der Waals surface area contributed by atoms with Gasteiger partial charge in [0.1, 0.15) is 0 Å². The first kappa shape index (κ1) is 107. The molecule has 2 spiro atoms. The topological polar surface area (TPSA) is 59.6 Å². The maximum Gasteiger partial charge on any atom is 0.262 e. The molecule has 17 heteroatoms. The Morgan fingerprint density at radius 1 is 0.321 bits per heavy atom. The third-order valence-electron chi connectivity index (χ3n) is 24.6. The van der Waals surface area contributed by atoms with Crippen molar-refractivity contribution in [3.63, 3.8) is 0 Å². The molecule has 10 atom stereocenters. The lowest BCUT2D eigenvalue weighted by molar-refractivity contribution is -0.412. The SMILES string of the molecule is CC(C)(C)C1C2CCCC2CN1C(C)(C)C.CC(C)(C)C1CC(Cl)CN1C(C)(C)C.CC(C)(C)C1CC(F)(F)CN1C(C)(C)C.CC(C)(C)C1CC2(CN1C(C)(C)C)OCO2.CC(C)(C)C1CCCN1C(C)(C)C.CC(C)(C)C1CCCN1C(C)(C)C.CC(C)(C)C1N(C(C)(C)C)CCC12OCO2.CF.CF.CF. The highest BCUT2D eigenvalue weighted by Crippen LogP contribution is 2.53. The van der Waals surface area contributed by atoms with Crippen LogP contribution in [0.25, 0.3) is 0 Å². The summed E-state index contributed by atoms with van der Waals surface area (Å²) in [5.74, 6) is -1.19. The van der Waals surface area contributed by atoms with E-state index in [-0.39, 0.29) is 69.0 Å². The molecular formula is C92H185ClF5N7O4. The Balaban J connectivity index is 0.000000629. The molecule has 0 N–H and O–H groups in total. The van der Waals surface area contributed by atoms with Crippen molar-refractivity contribution >= 4 is 11.6 Å². The molecule has 654 valence electrons. The molecule has 10 unspecified atom stereocenters. The first-order chi connectivity index (χ1) is 48.5. The molecule has 0 bridgehead atoms. The van der Waals surface area contributed by atoms with E-state index >= 15 is 0 Å². The number of alkyl halides is 6. The van der Waals surface area contributed by atoms with Crippen LogP contribution in [0, 0.1) is 49.7 Å². The minimum absolute atomic E-state index is 0.00618. The minimum Gasteiger partial charge on any atom is -0.322 e. The normalized spacial score (nSPS) is 28.9. The van der Waals surface area contributed by atoms with E-state index in [1.165, 1.54) is 64.6 Å². The first-order valence-electron chi connectivity index (χ1n) is 42.6. The van der Waals surface area contributed by atoms with Crippen LogP contribution in [0.1, 0.15) is 361 Å². The molecule has 109 heavy (non-hydrogen) atoms. The number of rotatable bonds is 0. The number of hydrogen-bond acceptors (Lipinski definition) is 11. The number of fused-ring (bicyclic) bond motifs is 1. The van der Waals surface area contributed by atoms with Crippen molar-refractivity contribution in [2.24, 2.45) is 49.7 Å². The number of ether oxygens (including phenoxy) is 4. The van der Waals surface area contributed by atoms with E-state index in [1.54, 1.807) is 0 Å². The van der Waals surface area contributed by atoms with Gasteiger partial charge in [-0.1, -0.05) is 152 Å². The third kappa shape index (κ3) is 30.7. The molecule has 0 radical (unpaired) electrons. The van der Waals surface area contributed by atoms with Gasteiger partial charge in [-0.3, -0.25) is 47.5 Å². The van der Waals surface area contributed by atoms with Crippen LogP contribution in [-0.2, 0) is 18.9 Å². The van der Waals surface area contributed by atoms with E-state index in [1.807, 2.05) is 46.4 Å². The van der Waals surface area contributed by atoms with Crippen LogP contribution < -0.4 is 0 Å². The lowest BCUT2D eigenvalue weighted by atomic mass is 9.77. The second-order valence-corrected chi connectivity index (χ2v) is 49.0. The van der Waals surface area contributed by atoms with Gasteiger partial charge < -0.3 is 18.9 Å². The lowest BCUT2D eigenvalue weighted by Gasteiger charge is -2.52. The molecule has 0 amide bonds. The van der Waals surface area contributed by atoms with Crippen molar-refractivity contribution in [2.75, 3.05) is 80.9 Å². The summed E-state index contributed by atoms with van der Waals surface area (Å²) >= 11 is 6.27. The molecular weight excluding hydrogens is 1400 g/mol. The Labute approximate surface area is 679 Å². The van der Waals surface area contributed by atoms with E-state index < -0.39 is 5.92 Å². The van der Waals surface area contributed by atoms with Crippen LogP contribution in [0.15, 0.2) is 0 Å². The second kappa shape index (κ2) is 39.1. The van der Waals surface area contributed by atoms with Crippen LogP contribution in [-0.4, -0.2) is 219 Å². The summed E-state index contributed by atoms with van der Waals surface area (Å²) < 4.78 is 78.3. The standard InChI is InChI=1S/C15H29N.2C13H25NO2.C12H24ClN.C12H23F2N.2C12H25N.3CH3F/c1-14(2,3)13-12-9-7-8-11(12)10-16(13)15(4,5)6;1-11(2,3)10-7-13(15-9-16-13)8-14(10)12(4,5)6;1-11(2,3)10-13(15-9-16-13)7-8-14(10)12(4,5)6;1-11(2,3)10-7-9(13)8-14(10)12(4,5)6;1-10(2,3)9-7-12(13,14)8-15(9)11(4,5)6;2*1-11(2,3)10-8-7-9-13(10)12(4,5)6;3*1-2/h11-13H,7-10H2,1-6H3;2*10H,7-9H2,1-6H3;9-10H,7-8H2,1-6H3;9H,7-8H2,1-6H3;2*10H,7-9H2,1-6H3;3*1H3. The van der Waals surface area contributed by atoms with Gasteiger partial charge in [0.2, 0.25) is 0 Å². The number of nitrogens with zero attached hydrogens (tertiary/aromatic N) is 7. The summed E-state index contributed by atoms with van der Waals surface area (Å²) in [6, 6.07) is 3.78. The molecule has 10 fully saturated rings. The first-order valence-corrected chi connectivity index (χ1v) is 43.1. The predicted octanol–water partition coefficient (Wildman–Crippen LogP) is 24.5. The van der Waals surface area contributed by atoms with Crippen molar-refractivity contribution in [3.8, 4) is 0 Å². The van der Waals surface area contributed by atoms with Gasteiger partial charge >= 0.3 is 0 Å². The average molecular weight is 1580 g/mol. The van der Waals surface area contributed by atoms with Crippen LogP contribution in [0.2, 0.25) is 0 Å². The summed E-state index contributed by atoms with van der Waals surface area (Å²) in [4.78, 5) is 17.7. The molecule has 0 aromatic rings. The molecule has 0 aromatic heterocycles. The fourth-order valence-corrected chi connectivity index (χ4v) is 19.9. The predicted molar refractivity (Wildman–Crippen MR) is 461 cm³/mol. The average Bonchev–Trinajstić information content (AvgIpc) is 1.58. The van der Waals surface area contributed by atoms with Gasteiger partial charge in [-0.25, -0.2) is 8.78 Å². The minimum atomic E-state index is -2.52. The van der Waals surface area contributed by atoms with Crippen molar-refractivity contribution in [3.05, 3.63) is 0 Å². The molecule has 10 rings (SSSR count). The van der Waals surface area contributed by atoms with Crippen molar-refractivity contribution in [1.82, 2.24) is 34.3 Å². The van der Waals surface area contributed by atoms with E-state index in [2.05, 4.69) is 279 Å². The van der Waals surface area contributed by atoms with Crippen LogP contribution in [0.4, 0.5) is 22.0 Å². The van der Waals surface area contributed by atoms with E-state index in [0.29, 0.717) is 96.9 Å². The Morgan fingerprint density at radius 2 is 0.670 bits per heavy atom. The summed E-state index contributed by atoms with van der Waals surface area (Å²) in [7, 11) is 1.50. The zero-order valence-electron chi connectivity index (χ0n) is 80.4. The quantitative estimate of drug-likeness (QED) is 0.172. The molecule has 9 heterocycles. The number of hydrogen-bond donors (Lipinski definition) is 0. The van der Waals surface area contributed by atoms with Crippen LogP contribution in [0.5, 0.6) is 0 Å². The maximum atomic E-state index is 13.5. The highest BCUT2D eigenvalue weighted by molar-refractivity contribution is 6.21. The molecule has 0 aromatic carbocycles. The lowest BCUT2D eigenvalue weighted by Crippen LogP contribution is -2.63. The highest BCUT2D eigenvalue weighted by atomic mass is 35.5. The van der Waals surface area contributed by atoms with Gasteiger partial charge in [0, 0.05) is 119 Å². The number of likely N-dealkylation sites (tertiary alicyclic amines) is 7. The third-order valence-corrected chi connectivity index (χ3v) is 24.9. The Bertz CT molecular complexity index is 2400. The summed E-state index contributed by atoms with van der Waals surface area (Å²) in [5, 5.41) is 0.332. The van der Waals surface area contributed by atoms with Gasteiger partial charge in [-0.05, 0) is 253 Å². The van der Waals surface area contributed by atoms with Gasteiger partial charge in [0.05, 0.1) is 40.7 Å². The van der Waals surface area contributed by atoms with E-state index in [0.717, 1.165) is 68.9 Å². The van der Waals surface area contributed by atoms with Crippen molar-refractivity contribution in [2.45, 2.75) is 465 Å². The van der Waals surface area contributed by atoms with E-state index in [4.69, 9.17) is 30.5 Å². The molecule has 1 aliphatic carbocycles. The summed E-state index contributed by atoms with van der Waals surface area (Å²) in [5.41, 5.74) is 3.39. The molecule has 9 saturated heterocycles. The fourth-order valence-electron chi connectivity index (χ4n) is 19.6. The smallest absolute Gasteiger partial charge is 0.262 e. The zero-order valence-corrected chi connectivity index (χ0v) is 81.2. The summed E-state index contributed by atoms with van der Waals surface area (Å²) in [6.45, 7) is 104. The Kier molecular flexibility index (Phi) is 38.2. The van der Waals surface area contributed by atoms with Gasteiger partial charge in [-0.2, -0.15) is 0 Å². The Hall–Kier alpha value is -0.500. The Morgan fingerprint density at radius 3 is 0.936 bits per heavy atom. The molecule has 1 saturated carbocycles. The van der Waals surface area contributed by atoms with E-state index in [9.17, 15) is 22.0 Å². The number of halogens is 6. The fraction of sp³-hybridized carbons (Fsp3) is 1.00. The van der Waals surface area contributed by atoms with Gasteiger partial charge in [0.15, 0.2) is 25.2 Å². The zero-order chi connectivity index (χ0) is 86.3. The largest absolute Gasteiger partial charge is 0.322 e. The van der Waals surface area contributed by atoms with Crippen molar-refractivity contribution in [1.29, 1.82) is 0 Å². The van der Waals surface area contributed by atoms with Crippen LogP contribution >= 0.6 is 11.6 Å². The molecule has 11 nitrogen and oxygen atoms in total. The summed E-state index contributed by atoms with van der Waals surface area (Å²) in [6.07, 6.45) is 13.0. The highest BCUT2D eigenvalue weighted by Gasteiger charge is 2.61.